The van der Waals surface area contributed by atoms with Gasteiger partial charge < -0.3 is 10.4 Å². The number of carboxylic acid groups (broad SMARTS) is 1. The molecule has 20 heavy (non-hydrogen) atoms. The summed E-state index contributed by atoms with van der Waals surface area (Å²) in [5.74, 6) is -1.61. The smallest absolute Gasteiger partial charge is 0.303 e. The number of hydrogen-bond acceptors (Lipinski definition) is 4. The number of hydrogen-bond donors (Lipinski definition) is 2. The number of carbonyl (C=O) groups excluding carboxylic acids is 1. The third-order valence-electron chi connectivity index (χ3n) is 2.55. The van der Waals surface area contributed by atoms with E-state index in [1.54, 1.807) is 0 Å². The third-order valence-corrected chi connectivity index (χ3v) is 4.45. The van der Waals surface area contributed by atoms with Crippen LogP contribution >= 0.6 is 0 Å². The average Bonchev–Trinajstić information content (AvgIpc) is 2.35. The number of nitrogens with one attached hydrogen (secondary N) is 1. The van der Waals surface area contributed by atoms with Gasteiger partial charge in [0.1, 0.15) is 0 Å². The number of amides is 1. The van der Waals surface area contributed by atoms with Crippen LogP contribution in [0.1, 0.15) is 39.5 Å². The van der Waals surface area contributed by atoms with E-state index in [-0.39, 0.29) is 37.6 Å². The Labute approximate surface area is 120 Å². The highest BCUT2D eigenvalue weighted by atomic mass is 32.2. The van der Waals surface area contributed by atoms with Gasteiger partial charge in [0, 0.05) is 19.5 Å². The lowest BCUT2D eigenvalue weighted by Gasteiger charge is -2.21. The largest absolute Gasteiger partial charge is 0.481 e. The highest BCUT2D eigenvalue weighted by molar-refractivity contribution is 7.89. The fourth-order valence-corrected chi connectivity index (χ4v) is 3.12. The lowest BCUT2D eigenvalue weighted by Crippen LogP contribution is -2.42. The van der Waals surface area contributed by atoms with E-state index in [1.807, 2.05) is 13.8 Å². The Balaban J connectivity index is 4.54. The minimum Gasteiger partial charge on any atom is -0.481 e. The maximum atomic E-state index is 12.1. The molecular weight excluding hydrogens is 284 g/mol. The number of rotatable bonds is 11. The highest BCUT2D eigenvalue weighted by Gasteiger charge is 2.23. The second kappa shape index (κ2) is 9.71. The van der Waals surface area contributed by atoms with Crippen molar-refractivity contribution in [2.24, 2.45) is 0 Å². The van der Waals surface area contributed by atoms with Crippen molar-refractivity contribution in [3.05, 3.63) is 0 Å². The van der Waals surface area contributed by atoms with Crippen LogP contribution < -0.4 is 5.32 Å². The zero-order chi connectivity index (χ0) is 15.6. The van der Waals surface area contributed by atoms with Crippen molar-refractivity contribution < 1.29 is 23.1 Å². The summed E-state index contributed by atoms with van der Waals surface area (Å²) in [7, 11) is -3.59. The number of carboxylic acids is 1. The van der Waals surface area contributed by atoms with E-state index in [1.165, 1.54) is 0 Å². The molecule has 0 aromatic rings. The Bertz CT molecular complexity index is 408. The highest BCUT2D eigenvalue weighted by Crippen LogP contribution is 2.06. The summed E-state index contributed by atoms with van der Waals surface area (Å²) in [5, 5.41) is 11.2. The first-order valence-corrected chi connectivity index (χ1v) is 8.40. The molecule has 0 bridgehead atoms. The second-order valence-electron chi connectivity index (χ2n) is 4.50. The van der Waals surface area contributed by atoms with E-state index in [0.717, 1.165) is 10.7 Å². The van der Waals surface area contributed by atoms with Crippen LogP contribution in [0.4, 0.5) is 0 Å². The van der Waals surface area contributed by atoms with Gasteiger partial charge in [0.2, 0.25) is 15.9 Å². The van der Waals surface area contributed by atoms with Crippen LogP contribution in [0.3, 0.4) is 0 Å². The van der Waals surface area contributed by atoms with Crippen LogP contribution in [0, 0.1) is 0 Å². The molecule has 0 unspecified atom stereocenters. The average molecular weight is 308 g/mol. The summed E-state index contributed by atoms with van der Waals surface area (Å²) >= 11 is 0. The van der Waals surface area contributed by atoms with Gasteiger partial charge in [-0.15, -0.1) is 0 Å². The molecule has 0 aliphatic rings. The van der Waals surface area contributed by atoms with Crippen molar-refractivity contribution in [2.75, 3.05) is 25.4 Å². The standard InChI is InChI=1S/C12H24N2O5S/c1-3-7-13-11(15)10-14(8-4-2)20(18,19)9-5-6-12(16)17/h3-10H2,1-2H3,(H,13,15)(H,16,17). The van der Waals surface area contributed by atoms with Crippen LogP contribution in [-0.4, -0.2) is 55.1 Å². The Morgan fingerprint density at radius 1 is 1.20 bits per heavy atom. The molecule has 0 aliphatic heterocycles. The monoisotopic (exact) mass is 308 g/mol. The minimum absolute atomic E-state index is 0.0501. The first-order chi connectivity index (χ1) is 9.33. The normalized spacial score (nSPS) is 11.6. The summed E-state index contributed by atoms with van der Waals surface area (Å²) in [5.41, 5.74) is 0. The molecule has 0 atom stereocenters. The Kier molecular flexibility index (Phi) is 9.15. The molecule has 0 aromatic heterocycles. The SMILES string of the molecule is CCCNC(=O)CN(CCC)S(=O)(=O)CCCC(=O)O. The molecule has 1 amide bonds. The third kappa shape index (κ3) is 8.11. The van der Waals surface area contributed by atoms with Gasteiger partial charge in [0.15, 0.2) is 0 Å². The van der Waals surface area contributed by atoms with Crippen molar-refractivity contribution in [2.45, 2.75) is 39.5 Å². The molecule has 118 valence electrons. The Hall–Kier alpha value is -1.15. The van der Waals surface area contributed by atoms with Crippen LogP contribution in [0.25, 0.3) is 0 Å². The molecule has 0 aromatic carbocycles. The van der Waals surface area contributed by atoms with E-state index in [4.69, 9.17) is 5.11 Å². The molecule has 0 saturated heterocycles. The van der Waals surface area contributed by atoms with E-state index < -0.39 is 16.0 Å². The number of carbonyl (C=O) groups is 2. The fourth-order valence-electron chi connectivity index (χ4n) is 1.58. The van der Waals surface area contributed by atoms with Gasteiger partial charge in [-0.1, -0.05) is 13.8 Å². The first-order valence-electron chi connectivity index (χ1n) is 6.79. The lowest BCUT2D eigenvalue weighted by molar-refractivity contribution is -0.137. The summed E-state index contributed by atoms with van der Waals surface area (Å²) in [6, 6.07) is 0. The summed E-state index contributed by atoms with van der Waals surface area (Å²) in [6.07, 6.45) is 1.24. The lowest BCUT2D eigenvalue weighted by atomic mass is 10.3. The predicted octanol–water partition coefficient (Wildman–Crippen LogP) is 0.419. The quantitative estimate of drug-likeness (QED) is 0.575. The Morgan fingerprint density at radius 2 is 1.85 bits per heavy atom. The fraction of sp³-hybridized carbons (Fsp3) is 0.833. The van der Waals surface area contributed by atoms with Crippen LogP contribution in [0.15, 0.2) is 0 Å². The molecular formula is C12H24N2O5S. The molecule has 0 fully saturated rings. The van der Waals surface area contributed by atoms with Gasteiger partial charge in [-0.25, -0.2) is 8.42 Å². The second-order valence-corrected chi connectivity index (χ2v) is 6.59. The van der Waals surface area contributed by atoms with Gasteiger partial charge >= 0.3 is 5.97 Å². The van der Waals surface area contributed by atoms with Crippen molar-refractivity contribution in [1.29, 1.82) is 0 Å². The molecule has 0 saturated carbocycles. The summed E-state index contributed by atoms with van der Waals surface area (Å²) in [6.45, 7) is 4.30. The molecule has 0 aliphatic carbocycles. The molecule has 7 nitrogen and oxygen atoms in total. The van der Waals surface area contributed by atoms with Gasteiger partial charge in [-0.05, 0) is 19.3 Å². The van der Waals surface area contributed by atoms with Crippen molar-refractivity contribution in [3.63, 3.8) is 0 Å². The maximum Gasteiger partial charge on any atom is 0.303 e. The van der Waals surface area contributed by atoms with E-state index in [9.17, 15) is 18.0 Å². The minimum atomic E-state index is -3.59. The zero-order valence-corrected chi connectivity index (χ0v) is 12.9. The molecule has 0 spiro atoms. The topological polar surface area (TPSA) is 104 Å². The number of aliphatic carboxylic acids is 1. The number of nitrogens with zero attached hydrogens (tertiary/aromatic N) is 1. The van der Waals surface area contributed by atoms with Crippen LogP contribution in [0.5, 0.6) is 0 Å². The molecule has 0 rings (SSSR count). The van der Waals surface area contributed by atoms with Gasteiger partial charge in [0.25, 0.3) is 0 Å². The first kappa shape index (κ1) is 18.9. The predicted molar refractivity (Wildman–Crippen MR) is 75.8 cm³/mol. The van der Waals surface area contributed by atoms with E-state index >= 15 is 0 Å². The van der Waals surface area contributed by atoms with Gasteiger partial charge in [-0.2, -0.15) is 4.31 Å². The van der Waals surface area contributed by atoms with Crippen LogP contribution in [-0.2, 0) is 19.6 Å². The molecule has 0 radical (unpaired) electrons. The number of sulfonamides is 1. The summed E-state index contributed by atoms with van der Waals surface area (Å²) in [4.78, 5) is 22.0. The zero-order valence-electron chi connectivity index (χ0n) is 12.1. The summed E-state index contributed by atoms with van der Waals surface area (Å²) < 4.78 is 25.3. The van der Waals surface area contributed by atoms with Crippen LogP contribution in [0.2, 0.25) is 0 Å². The van der Waals surface area contributed by atoms with Gasteiger partial charge in [-0.3, -0.25) is 9.59 Å². The van der Waals surface area contributed by atoms with E-state index in [0.29, 0.717) is 13.0 Å². The molecule has 2 N–H and O–H groups in total. The van der Waals surface area contributed by atoms with E-state index in [2.05, 4.69) is 5.32 Å². The Morgan fingerprint density at radius 3 is 2.35 bits per heavy atom. The molecule has 0 heterocycles. The maximum absolute atomic E-state index is 12.1. The van der Waals surface area contributed by atoms with Crippen molar-refractivity contribution in [1.82, 2.24) is 9.62 Å². The van der Waals surface area contributed by atoms with Crippen molar-refractivity contribution >= 4 is 21.9 Å². The van der Waals surface area contributed by atoms with Crippen molar-refractivity contribution in [3.8, 4) is 0 Å². The van der Waals surface area contributed by atoms with Gasteiger partial charge in [0.05, 0.1) is 12.3 Å². The molecule has 8 heteroatoms.